The predicted molar refractivity (Wildman–Crippen MR) is 79.5 cm³/mol. The largest absolute Gasteiger partial charge is 0.271 e. The Morgan fingerprint density at radius 1 is 1.47 bits per heavy atom. The molecule has 3 nitrogen and oxygen atoms in total. The first-order valence-corrected chi connectivity index (χ1v) is 7.57. The van der Waals surface area contributed by atoms with Gasteiger partial charge in [-0.1, -0.05) is 15.9 Å². The third-order valence-electron chi connectivity index (χ3n) is 2.80. The van der Waals surface area contributed by atoms with Crippen molar-refractivity contribution in [3.63, 3.8) is 0 Å². The first-order valence-electron chi connectivity index (χ1n) is 5.89. The SMILES string of the molecule is Cc1csc(CC(Cc2cc(F)ccc2Br)NN)n1. The molecular weight excluding hydrogens is 329 g/mol. The van der Waals surface area contributed by atoms with Crippen LogP contribution in [0, 0.1) is 12.7 Å². The maximum absolute atomic E-state index is 13.2. The van der Waals surface area contributed by atoms with E-state index in [1.807, 2.05) is 12.3 Å². The lowest BCUT2D eigenvalue weighted by Crippen LogP contribution is -2.38. The number of benzene rings is 1. The maximum Gasteiger partial charge on any atom is 0.123 e. The standard InChI is InChI=1S/C13H15BrFN3S/c1-8-7-19-13(17-8)6-11(18-16)5-9-4-10(15)2-3-12(9)14/h2-4,7,11,18H,5-6,16H2,1H3. The number of hydrazine groups is 1. The highest BCUT2D eigenvalue weighted by molar-refractivity contribution is 9.10. The van der Waals surface area contributed by atoms with E-state index in [1.165, 1.54) is 12.1 Å². The Bertz CT molecular complexity index is 559. The molecule has 6 heteroatoms. The van der Waals surface area contributed by atoms with Crippen molar-refractivity contribution in [1.82, 2.24) is 10.4 Å². The highest BCUT2D eigenvalue weighted by Gasteiger charge is 2.13. The molecule has 0 saturated carbocycles. The van der Waals surface area contributed by atoms with Gasteiger partial charge in [0.05, 0.1) is 5.01 Å². The Labute approximate surface area is 124 Å². The third-order valence-corrected chi connectivity index (χ3v) is 4.56. The van der Waals surface area contributed by atoms with E-state index < -0.39 is 0 Å². The van der Waals surface area contributed by atoms with Crippen LogP contribution < -0.4 is 11.3 Å². The molecule has 2 aromatic rings. The molecular formula is C13H15BrFN3S. The lowest BCUT2D eigenvalue weighted by Gasteiger charge is -2.15. The zero-order valence-electron chi connectivity index (χ0n) is 10.5. The van der Waals surface area contributed by atoms with E-state index in [0.29, 0.717) is 6.42 Å². The van der Waals surface area contributed by atoms with E-state index in [-0.39, 0.29) is 11.9 Å². The molecule has 0 spiro atoms. The predicted octanol–water partition coefficient (Wildman–Crippen LogP) is 2.97. The molecule has 2 rings (SSSR count). The quantitative estimate of drug-likeness (QED) is 0.648. The third kappa shape index (κ3) is 4.07. The molecule has 0 aliphatic carbocycles. The summed E-state index contributed by atoms with van der Waals surface area (Å²) >= 11 is 5.05. The highest BCUT2D eigenvalue weighted by Crippen LogP contribution is 2.21. The average molecular weight is 344 g/mol. The zero-order valence-corrected chi connectivity index (χ0v) is 12.9. The van der Waals surface area contributed by atoms with Gasteiger partial charge in [-0.2, -0.15) is 0 Å². The molecule has 0 fully saturated rings. The molecule has 0 aliphatic rings. The Kier molecular flexibility index (Phi) is 5.04. The molecule has 0 saturated heterocycles. The Morgan fingerprint density at radius 3 is 2.89 bits per heavy atom. The fourth-order valence-electron chi connectivity index (χ4n) is 1.86. The number of nitrogens with zero attached hydrogens (tertiary/aromatic N) is 1. The normalized spacial score (nSPS) is 12.6. The summed E-state index contributed by atoms with van der Waals surface area (Å²) in [5.74, 6) is 5.34. The summed E-state index contributed by atoms with van der Waals surface area (Å²) in [5, 5.41) is 3.05. The van der Waals surface area contributed by atoms with Crippen molar-refractivity contribution >= 4 is 27.3 Å². The second-order valence-electron chi connectivity index (χ2n) is 4.39. The summed E-state index contributed by atoms with van der Waals surface area (Å²) < 4.78 is 14.1. The van der Waals surface area contributed by atoms with Crippen molar-refractivity contribution in [3.05, 3.63) is 50.1 Å². The van der Waals surface area contributed by atoms with Gasteiger partial charge in [0.1, 0.15) is 5.82 Å². The van der Waals surface area contributed by atoms with E-state index in [2.05, 4.69) is 26.3 Å². The van der Waals surface area contributed by atoms with Crippen molar-refractivity contribution in [2.45, 2.75) is 25.8 Å². The van der Waals surface area contributed by atoms with Gasteiger partial charge in [0.15, 0.2) is 0 Å². The lowest BCUT2D eigenvalue weighted by atomic mass is 10.0. The van der Waals surface area contributed by atoms with Crippen molar-refractivity contribution < 1.29 is 4.39 Å². The molecule has 1 aromatic heterocycles. The number of nitrogens with one attached hydrogen (secondary N) is 1. The Hall–Kier alpha value is -0.820. The van der Waals surface area contributed by atoms with Crippen LogP contribution in [0.4, 0.5) is 4.39 Å². The van der Waals surface area contributed by atoms with Gasteiger partial charge in [-0.15, -0.1) is 11.3 Å². The minimum absolute atomic E-state index is 0.0312. The minimum atomic E-state index is -0.237. The molecule has 1 aromatic carbocycles. The fourth-order valence-corrected chi connectivity index (χ4v) is 3.12. The first-order chi connectivity index (χ1) is 9.08. The lowest BCUT2D eigenvalue weighted by molar-refractivity contribution is 0.518. The van der Waals surface area contributed by atoms with Gasteiger partial charge in [0.2, 0.25) is 0 Å². The van der Waals surface area contributed by atoms with Crippen molar-refractivity contribution in [1.29, 1.82) is 0 Å². The zero-order chi connectivity index (χ0) is 13.8. The molecule has 0 amide bonds. The van der Waals surface area contributed by atoms with Crippen molar-refractivity contribution in [2.75, 3.05) is 0 Å². The fraction of sp³-hybridized carbons (Fsp3) is 0.308. The van der Waals surface area contributed by atoms with Crippen LogP contribution in [0.25, 0.3) is 0 Å². The second kappa shape index (κ2) is 6.56. The molecule has 1 heterocycles. The number of halogens is 2. The number of rotatable bonds is 5. The summed E-state index contributed by atoms with van der Waals surface area (Å²) in [6, 6.07) is 4.71. The van der Waals surface area contributed by atoms with Crippen LogP contribution >= 0.6 is 27.3 Å². The van der Waals surface area contributed by atoms with Crippen LogP contribution in [0.5, 0.6) is 0 Å². The van der Waals surface area contributed by atoms with E-state index in [0.717, 1.165) is 27.2 Å². The molecule has 1 unspecified atom stereocenters. The van der Waals surface area contributed by atoms with Crippen LogP contribution in [0.1, 0.15) is 16.3 Å². The van der Waals surface area contributed by atoms with Crippen molar-refractivity contribution in [3.8, 4) is 0 Å². The molecule has 102 valence electrons. The Balaban J connectivity index is 2.08. The number of aryl methyl sites for hydroxylation is 1. The highest BCUT2D eigenvalue weighted by atomic mass is 79.9. The van der Waals surface area contributed by atoms with Crippen molar-refractivity contribution in [2.24, 2.45) is 5.84 Å². The molecule has 0 bridgehead atoms. The van der Waals surface area contributed by atoms with E-state index >= 15 is 0 Å². The summed E-state index contributed by atoms with van der Waals surface area (Å²) in [6.07, 6.45) is 1.38. The van der Waals surface area contributed by atoms with Crippen LogP contribution in [-0.2, 0) is 12.8 Å². The summed E-state index contributed by atoms with van der Waals surface area (Å²) in [4.78, 5) is 4.42. The average Bonchev–Trinajstić information content (AvgIpc) is 2.78. The topological polar surface area (TPSA) is 50.9 Å². The molecule has 3 N–H and O–H groups in total. The van der Waals surface area contributed by atoms with Crippen LogP contribution in [-0.4, -0.2) is 11.0 Å². The molecule has 0 aliphatic heterocycles. The monoisotopic (exact) mass is 343 g/mol. The first kappa shape index (κ1) is 14.6. The van der Waals surface area contributed by atoms with Gasteiger partial charge in [-0.3, -0.25) is 11.3 Å². The van der Waals surface area contributed by atoms with E-state index in [1.54, 1.807) is 17.4 Å². The smallest absolute Gasteiger partial charge is 0.123 e. The maximum atomic E-state index is 13.2. The minimum Gasteiger partial charge on any atom is -0.271 e. The number of thiazole rings is 1. The van der Waals surface area contributed by atoms with Gasteiger partial charge >= 0.3 is 0 Å². The van der Waals surface area contributed by atoms with Gasteiger partial charge in [0, 0.05) is 28.0 Å². The van der Waals surface area contributed by atoms with Gasteiger partial charge in [-0.25, -0.2) is 9.37 Å². The molecule has 19 heavy (non-hydrogen) atoms. The molecule has 1 atom stereocenters. The van der Waals surface area contributed by atoms with E-state index in [4.69, 9.17) is 5.84 Å². The number of nitrogens with two attached hydrogens (primary N) is 1. The molecule has 0 radical (unpaired) electrons. The Morgan fingerprint density at radius 2 is 2.26 bits per heavy atom. The van der Waals surface area contributed by atoms with Gasteiger partial charge < -0.3 is 0 Å². The summed E-state index contributed by atoms with van der Waals surface area (Å²) in [7, 11) is 0. The number of hydrogen-bond donors (Lipinski definition) is 2. The number of aromatic nitrogens is 1. The van der Waals surface area contributed by atoms with Gasteiger partial charge in [0.25, 0.3) is 0 Å². The second-order valence-corrected chi connectivity index (χ2v) is 6.19. The summed E-state index contributed by atoms with van der Waals surface area (Å²) in [5.41, 5.74) is 4.69. The number of hydrogen-bond acceptors (Lipinski definition) is 4. The van der Waals surface area contributed by atoms with Crippen LogP contribution in [0.3, 0.4) is 0 Å². The van der Waals surface area contributed by atoms with Crippen LogP contribution in [0.2, 0.25) is 0 Å². The summed E-state index contributed by atoms with van der Waals surface area (Å²) in [6.45, 7) is 1.97. The van der Waals surface area contributed by atoms with Crippen LogP contribution in [0.15, 0.2) is 28.1 Å². The van der Waals surface area contributed by atoms with E-state index in [9.17, 15) is 4.39 Å². The van der Waals surface area contributed by atoms with Gasteiger partial charge in [-0.05, 0) is 37.1 Å².